The van der Waals surface area contributed by atoms with Crippen LogP contribution in [0.15, 0.2) is 12.3 Å². The lowest BCUT2D eigenvalue weighted by atomic mass is 10.3. The molecule has 0 aliphatic heterocycles. The molecule has 86 valence electrons. The monoisotopic (exact) mass is 222 g/mol. The summed E-state index contributed by atoms with van der Waals surface area (Å²) >= 11 is 0. The summed E-state index contributed by atoms with van der Waals surface area (Å²) in [6.45, 7) is 0. The molecule has 2 rings (SSSR count). The number of hydrogen-bond donors (Lipinski definition) is 1. The summed E-state index contributed by atoms with van der Waals surface area (Å²) in [5, 5.41) is 2.52. The van der Waals surface area contributed by atoms with Crippen molar-refractivity contribution in [3.05, 3.63) is 18.0 Å². The van der Waals surface area contributed by atoms with Crippen molar-refractivity contribution >= 4 is 5.91 Å². The van der Waals surface area contributed by atoms with E-state index in [2.05, 4.69) is 10.3 Å². The van der Waals surface area contributed by atoms with Crippen molar-refractivity contribution in [2.75, 3.05) is 14.2 Å². The average Bonchev–Trinajstić information content (AvgIpc) is 3.11. The molecule has 1 aromatic rings. The van der Waals surface area contributed by atoms with Crippen LogP contribution in [-0.4, -0.2) is 31.2 Å². The van der Waals surface area contributed by atoms with E-state index >= 15 is 0 Å². The second kappa shape index (κ2) is 4.38. The fraction of sp³-hybridized carbons (Fsp3) is 0.455. The van der Waals surface area contributed by atoms with Gasteiger partial charge in [-0.1, -0.05) is 0 Å². The van der Waals surface area contributed by atoms with Crippen LogP contribution >= 0.6 is 0 Å². The summed E-state index contributed by atoms with van der Waals surface area (Å²) in [4.78, 5) is 15.5. The minimum atomic E-state index is -0.280. The lowest BCUT2D eigenvalue weighted by Crippen LogP contribution is -2.20. The van der Waals surface area contributed by atoms with Gasteiger partial charge in [0.05, 0.1) is 13.2 Å². The van der Waals surface area contributed by atoms with E-state index < -0.39 is 0 Å². The first-order valence-corrected chi connectivity index (χ1v) is 5.18. The summed E-state index contributed by atoms with van der Waals surface area (Å²) in [7, 11) is 3.06. The first-order valence-electron chi connectivity index (χ1n) is 5.18. The van der Waals surface area contributed by atoms with Crippen LogP contribution in [0.4, 0.5) is 0 Å². The van der Waals surface area contributed by atoms with Gasteiger partial charge < -0.3 is 14.8 Å². The van der Waals surface area contributed by atoms with Gasteiger partial charge in [-0.15, -0.1) is 0 Å². The molecule has 1 aliphatic rings. The van der Waals surface area contributed by atoms with E-state index in [-0.39, 0.29) is 17.7 Å². The largest absolute Gasteiger partial charge is 0.491 e. The molecule has 0 aromatic carbocycles. The molecule has 1 aliphatic carbocycles. The van der Waals surface area contributed by atoms with Gasteiger partial charge in [0.2, 0.25) is 0 Å². The molecule has 1 heterocycles. The Kier molecular flexibility index (Phi) is 2.94. The normalized spacial score (nSPS) is 14.4. The summed E-state index contributed by atoms with van der Waals surface area (Å²) in [6, 6.07) is 1.71. The van der Waals surface area contributed by atoms with Gasteiger partial charge in [0.25, 0.3) is 5.91 Å². The van der Waals surface area contributed by atoms with E-state index in [0.717, 1.165) is 12.8 Å². The number of nitrogens with zero attached hydrogens (tertiary/aromatic N) is 1. The maximum absolute atomic E-state index is 11.5. The number of hydrogen-bond acceptors (Lipinski definition) is 4. The highest BCUT2D eigenvalue weighted by molar-refractivity contribution is 5.95. The van der Waals surface area contributed by atoms with Crippen LogP contribution in [0.2, 0.25) is 0 Å². The maximum atomic E-state index is 11.5. The zero-order valence-corrected chi connectivity index (χ0v) is 9.32. The highest BCUT2D eigenvalue weighted by atomic mass is 16.5. The maximum Gasteiger partial charge on any atom is 0.273 e. The molecule has 5 heteroatoms. The molecule has 0 unspecified atom stereocenters. The van der Waals surface area contributed by atoms with E-state index in [1.54, 1.807) is 19.3 Å². The smallest absolute Gasteiger partial charge is 0.273 e. The first-order chi connectivity index (χ1) is 7.76. The number of pyridine rings is 1. The van der Waals surface area contributed by atoms with Gasteiger partial charge in [0.1, 0.15) is 0 Å². The van der Waals surface area contributed by atoms with Crippen LogP contribution in [0.3, 0.4) is 0 Å². The van der Waals surface area contributed by atoms with Crippen molar-refractivity contribution < 1.29 is 14.3 Å². The lowest BCUT2D eigenvalue weighted by molar-refractivity contribution is 0.0953. The van der Waals surface area contributed by atoms with Crippen molar-refractivity contribution in [3.63, 3.8) is 0 Å². The van der Waals surface area contributed by atoms with E-state index in [0.29, 0.717) is 11.5 Å². The minimum Gasteiger partial charge on any atom is -0.491 e. The third-order valence-corrected chi connectivity index (χ3v) is 2.33. The molecule has 0 atom stereocenters. The lowest BCUT2D eigenvalue weighted by Gasteiger charge is -2.12. The molecule has 5 nitrogen and oxygen atoms in total. The fourth-order valence-electron chi connectivity index (χ4n) is 1.37. The Bertz CT molecular complexity index is 402. The highest BCUT2D eigenvalue weighted by Crippen LogP contribution is 2.34. The van der Waals surface area contributed by atoms with Gasteiger partial charge in [-0.25, -0.2) is 4.98 Å². The van der Waals surface area contributed by atoms with Gasteiger partial charge in [-0.3, -0.25) is 4.79 Å². The van der Waals surface area contributed by atoms with Gasteiger partial charge in [-0.2, -0.15) is 0 Å². The quantitative estimate of drug-likeness (QED) is 0.825. The minimum absolute atomic E-state index is 0.253. The molecule has 1 saturated carbocycles. The molecule has 0 saturated heterocycles. The van der Waals surface area contributed by atoms with Crippen LogP contribution in [0.5, 0.6) is 11.5 Å². The fourth-order valence-corrected chi connectivity index (χ4v) is 1.37. The van der Waals surface area contributed by atoms with Crippen molar-refractivity contribution in [3.8, 4) is 11.5 Å². The van der Waals surface area contributed by atoms with E-state index in [1.165, 1.54) is 7.11 Å². The number of aromatic nitrogens is 1. The van der Waals surface area contributed by atoms with E-state index in [1.807, 2.05) is 0 Å². The second-order valence-corrected chi connectivity index (χ2v) is 3.59. The van der Waals surface area contributed by atoms with Gasteiger partial charge >= 0.3 is 0 Å². The molecular weight excluding hydrogens is 208 g/mol. The standard InChI is InChI=1S/C11H14N2O3/c1-12-11(14)9-10(15-2)8(5-6-13-9)16-7-3-4-7/h5-7H,3-4H2,1-2H3,(H,12,14). The van der Waals surface area contributed by atoms with Crippen molar-refractivity contribution in [1.29, 1.82) is 0 Å². The average molecular weight is 222 g/mol. The number of methoxy groups -OCH3 is 1. The molecule has 1 aromatic heterocycles. The van der Waals surface area contributed by atoms with Crippen molar-refractivity contribution in [2.45, 2.75) is 18.9 Å². The predicted octanol–water partition coefficient (Wildman–Crippen LogP) is 0.991. The zero-order valence-electron chi connectivity index (χ0n) is 9.32. The summed E-state index contributed by atoms with van der Waals surface area (Å²) in [5.74, 6) is 0.699. The van der Waals surface area contributed by atoms with Gasteiger partial charge in [-0.05, 0) is 12.8 Å². The number of carbonyl (C=O) groups excluding carboxylic acids is 1. The SMILES string of the molecule is CNC(=O)c1nccc(OC2CC2)c1OC. The molecule has 1 fully saturated rings. The number of ether oxygens (including phenoxy) is 2. The molecule has 16 heavy (non-hydrogen) atoms. The van der Waals surface area contributed by atoms with Crippen LogP contribution in [0, 0.1) is 0 Å². The molecule has 1 N–H and O–H groups in total. The van der Waals surface area contributed by atoms with E-state index in [4.69, 9.17) is 9.47 Å². The van der Waals surface area contributed by atoms with Crippen LogP contribution in [0.25, 0.3) is 0 Å². The number of carbonyl (C=O) groups is 1. The highest BCUT2D eigenvalue weighted by Gasteiger charge is 2.26. The van der Waals surface area contributed by atoms with Crippen LogP contribution < -0.4 is 14.8 Å². The van der Waals surface area contributed by atoms with Crippen molar-refractivity contribution in [2.24, 2.45) is 0 Å². The zero-order chi connectivity index (χ0) is 11.5. The number of rotatable bonds is 4. The topological polar surface area (TPSA) is 60.5 Å². The van der Waals surface area contributed by atoms with E-state index in [9.17, 15) is 4.79 Å². The molecule has 1 amide bonds. The predicted molar refractivity (Wildman–Crippen MR) is 57.8 cm³/mol. The summed E-state index contributed by atoms with van der Waals surface area (Å²) in [6.07, 6.45) is 3.92. The first kappa shape index (κ1) is 10.7. The third kappa shape index (κ3) is 2.08. The van der Waals surface area contributed by atoms with Crippen LogP contribution in [-0.2, 0) is 0 Å². The Morgan fingerprint density at radius 2 is 2.31 bits per heavy atom. The van der Waals surface area contributed by atoms with Gasteiger partial charge in [0, 0.05) is 19.3 Å². The Morgan fingerprint density at radius 1 is 1.56 bits per heavy atom. The molecule has 0 radical (unpaired) electrons. The van der Waals surface area contributed by atoms with Crippen molar-refractivity contribution in [1.82, 2.24) is 10.3 Å². The third-order valence-electron chi connectivity index (χ3n) is 2.33. The Morgan fingerprint density at radius 3 is 2.88 bits per heavy atom. The summed E-state index contributed by atoms with van der Waals surface area (Å²) < 4.78 is 10.8. The second-order valence-electron chi connectivity index (χ2n) is 3.59. The number of nitrogens with one attached hydrogen (secondary N) is 1. The molecule has 0 spiro atoms. The Labute approximate surface area is 93.8 Å². The molecule has 0 bridgehead atoms. The molecular formula is C11H14N2O3. The number of amides is 1. The summed E-state index contributed by atoms with van der Waals surface area (Å²) in [5.41, 5.74) is 0.253. The Balaban J connectivity index is 2.32. The van der Waals surface area contributed by atoms with Crippen LogP contribution in [0.1, 0.15) is 23.3 Å². The Hall–Kier alpha value is -1.78. The van der Waals surface area contributed by atoms with Gasteiger partial charge in [0.15, 0.2) is 17.2 Å².